The molecule has 0 saturated heterocycles. The highest BCUT2D eigenvalue weighted by atomic mass is 19.1. The van der Waals surface area contributed by atoms with Gasteiger partial charge in [0, 0.05) is 12.7 Å². The summed E-state index contributed by atoms with van der Waals surface area (Å²) in [6, 6.07) is 12.2. The van der Waals surface area contributed by atoms with Crippen LogP contribution in [0.2, 0.25) is 0 Å². The summed E-state index contributed by atoms with van der Waals surface area (Å²) in [6.07, 6.45) is 2.46. The highest BCUT2D eigenvalue weighted by Gasteiger charge is 2.12. The predicted octanol–water partition coefficient (Wildman–Crippen LogP) is 2.78. The lowest BCUT2D eigenvalue weighted by Gasteiger charge is -2.20. The van der Waals surface area contributed by atoms with Crippen LogP contribution in [0.5, 0.6) is 5.75 Å². The molecule has 2 N–H and O–H groups in total. The third kappa shape index (κ3) is 4.97. The Morgan fingerprint density at radius 2 is 1.96 bits per heavy atom. The number of nitrogens with one attached hydrogen (secondary N) is 2. The molecule has 1 unspecified atom stereocenters. The molecule has 0 amide bonds. The smallest absolute Gasteiger partial charge is 0.191 e. The summed E-state index contributed by atoms with van der Waals surface area (Å²) in [6.45, 7) is 5.59. The Bertz CT molecular complexity index is 926. The molecule has 28 heavy (non-hydrogen) atoms. The molecule has 0 saturated carbocycles. The van der Waals surface area contributed by atoms with Crippen LogP contribution in [0.15, 0.2) is 53.7 Å². The minimum Gasteiger partial charge on any atom is -0.486 e. The maximum atomic E-state index is 13.8. The molecule has 0 spiro atoms. The summed E-state index contributed by atoms with van der Waals surface area (Å²) < 4.78 is 21.5. The van der Waals surface area contributed by atoms with E-state index in [-0.39, 0.29) is 17.7 Å². The van der Waals surface area contributed by atoms with Gasteiger partial charge in [0.1, 0.15) is 12.6 Å². The quantitative estimate of drug-likeness (QED) is 0.461. The van der Waals surface area contributed by atoms with Crippen LogP contribution < -0.4 is 15.4 Å². The van der Waals surface area contributed by atoms with Crippen molar-refractivity contribution < 1.29 is 9.13 Å². The van der Waals surface area contributed by atoms with Crippen LogP contribution in [0, 0.1) is 5.82 Å². The SMILES string of the molecule is CCNC(=NCc1nnc2ccccn12)NCC(CC)Oc1ccccc1F. The minimum atomic E-state index is -0.361. The highest BCUT2D eigenvalue weighted by Crippen LogP contribution is 2.17. The molecular formula is C20H25FN6O. The number of ether oxygens (including phenoxy) is 1. The zero-order valence-electron chi connectivity index (χ0n) is 16.1. The number of aliphatic imine (C=N–C) groups is 1. The van der Waals surface area contributed by atoms with Crippen LogP contribution in [-0.4, -0.2) is 39.8 Å². The lowest BCUT2D eigenvalue weighted by molar-refractivity contribution is 0.191. The molecule has 0 aliphatic rings. The van der Waals surface area contributed by atoms with E-state index in [0.29, 0.717) is 19.0 Å². The van der Waals surface area contributed by atoms with Gasteiger partial charge >= 0.3 is 0 Å². The van der Waals surface area contributed by atoms with Gasteiger partial charge in [-0.15, -0.1) is 10.2 Å². The molecule has 2 heterocycles. The maximum Gasteiger partial charge on any atom is 0.191 e. The van der Waals surface area contributed by atoms with Gasteiger partial charge in [-0.2, -0.15) is 0 Å². The van der Waals surface area contributed by atoms with Gasteiger partial charge in [-0.25, -0.2) is 9.38 Å². The van der Waals surface area contributed by atoms with Gasteiger partial charge < -0.3 is 15.4 Å². The molecule has 1 aromatic carbocycles. The van der Waals surface area contributed by atoms with Crippen molar-refractivity contribution in [2.45, 2.75) is 32.9 Å². The van der Waals surface area contributed by atoms with Gasteiger partial charge in [-0.1, -0.05) is 25.1 Å². The van der Waals surface area contributed by atoms with Crippen LogP contribution >= 0.6 is 0 Å². The molecule has 3 rings (SSSR count). The molecule has 0 radical (unpaired) electrons. The molecule has 2 aromatic heterocycles. The molecule has 8 heteroatoms. The second-order valence-corrected chi connectivity index (χ2v) is 6.20. The zero-order valence-corrected chi connectivity index (χ0v) is 16.1. The van der Waals surface area contributed by atoms with E-state index in [2.05, 4.69) is 25.8 Å². The zero-order chi connectivity index (χ0) is 19.8. The molecule has 3 aromatic rings. The van der Waals surface area contributed by atoms with E-state index >= 15 is 0 Å². The number of nitrogens with zero attached hydrogens (tertiary/aromatic N) is 4. The van der Waals surface area contributed by atoms with E-state index in [1.54, 1.807) is 18.2 Å². The van der Waals surface area contributed by atoms with Crippen molar-refractivity contribution in [1.29, 1.82) is 0 Å². The van der Waals surface area contributed by atoms with Crippen molar-refractivity contribution in [1.82, 2.24) is 25.2 Å². The van der Waals surface area contributed by atoms with Crippen molar-refractivity contribution in [2.24, 2.45) is 4.99 Å². The fourth-order valence-electron chi connectivity index (χ4n) is 2.69. The highest BCUT2D eigenvalue weighted by molar-refractivity contribution is 5.79. The first-order valence-corrected chi connectivity index (χ1v) is 9.43. The van der Waals surface area contributed by atoms with Crippen LogP contribution in [-0.2, 0) is 6.54 Å². The Balaban J connectivity index is 1.63. The first-order valence-electron chi connectivity index (χ1n) is 9.43. The molecule has 1 atom stereocenters. The standard InChI is InChI=1S/C20H25FN6O/c1-3-15(28-17-10-6-5-9-16(17)21)13-23-20(22-4-2)24-14-19-26-25-18-11-7-8-12-27(18)19/h5-12,15H,3-4,13-14H2,1-2H3,(H2,22,23,24). The number of guanidine groups is 1. The van der Waals surface area contributed by atoms with Crippen LogP contribution in [0.1, 0.15) is 26.1 Å². The number of rotatable bonds is 8. The number of para-hydroxylation sites is 1. The third-order valence-corrected chi connectivity index (χ3v) is 4.19. The lowest BCUT2D eigenvalue weighted by atomic mass is 10.2. The van der Waals surface area contributed by atoms with E-state index in [9.17, 15) is 4.39 Å². The van der Waals surface area contributed by atoms with E-state index in [1.165, 1.54) is 6.07 Å². The van der Waals surface area contributed by atoms with Gasteiger partial charge in [0.25, 0.3) is 0 Å². The van der Waals surface area contributed by atoms with Crippen molar-refractivity contribution in [3.8, 4) is 5.75 Å². The average Bonchev–Trinajstić information content (AvgIpc) is 3.13. The first-order chi connectivity index (χ1) is 13.7. The Kier molecular flexibility index (Phi) is 6.78. The van der Waals surface area contributed by atoms with E-state index in [0.717, 1.165) is 24.4 Å². The van der Waals surface area contributed by atoms with Crippen LogP contribution in [0.3, 0.4) is 0 Å². The normalized spacial score (nSPS) is 12.8. The average molecular weight is 384 g/mol. The number of halogens is 1. The molecule has 7 nitrogen and oxygen atoms in total. The first kappa shape index (κ1) is 19.6. The maximum absolute atomic E-state index is 13.8. The van der Waals surface area contributed by atoms with Crippen molar-refractivity contribution in [2.75, 3.05) is 13.1 Å². The summed E-state index contributed by atoms with van der Waals surface area (Å²) in [5, 5.41) is 14.8. The number of hydrogen-bond donors (Lipinski definition) is 2. The largest absolute Gasteiger partial charge is 0.486 e. The van der Waals surface area contributed by atoms with Gasteiger partial charge in [-0.05, 0) is 37.6 Å². The number of aromatic nitrogens is 3. The summed E-state index contributed by atoms with van der Waals surface area (Å²) in [7, 11) is 0. The fraction of sp³-hybridized carbons (Fsp3) is 0.350. The van der Waals surface area contributed by atoms with Crippen molar-refractivity contribution in [3.05, 3.63) is 60.3 Å². The van der Waals surface area contributed by atoms with Crippen molar-refractivity contribution in [3.63, 3.8) is 0 Å². The van der Waals surface area contributed by atoms with Crippen LogP contribution in [0.25, 0.3) is 5.65 Å². The number of benzene rings is 1. The van der Waals surface area contributed by atoms with E-state index in [1.807, 2.05) is 42.6 Å². The molecular weight excluding hydrogens is 359 g/mol. The third-order valence-electron chi connectivity index (χ3n) is 4.19. The Labute approximate surface area is 163 Å². The minimum absolute atomic E-state index is 0.185. The Morgan fingerprint density at radius 3 is 2.75 bits per heavy atom. The van der Waals surface area contributed by atoms with Crippen LogP contribution in [0.4, 0.5) is 4.39 Å². The lowest BCUT2D eigenvalue weighted by Crippen LogP contribution is -2.42. The molecule has 0 aliphatic carbocycles. The molecule has 0 aliphatic heterocycles. The van der Waals surface area contributed by atoms with Gasteiger partial charge in [0.2, 0.25) is 0 Å². The van der Waals surface area contributed by atoms with Gasteiger partial charge in [0.05, 0.1) is 6.54 Å². The second kappa shape index (κ2) is 9.68. The summed E-state index contributed by atoms with van der Waals surface area (Å²) in [5.74, 6) is 1.29. The number of pyridine rings is 1. The summed E-state index contributed by atoms with van der Waals surface area (Å²) in [5.41, 5.74) is 0.787. The number of hydrogen-bond acceptors (Lipinski definition) is 4. The van der Waals surface area contributed by atoms with Gasteiger partial charge in [0.15, 0.2) is 29.0 Å². The fourth-order valence-corrected chi connectivity index (χ4v) is 2.69. The predicted molar refractivity (Wildman–Crippen MR) is 107 cm³/mol. The van der Waals surface area contributed by atoms with Gasteiger partial charge in [-0.3, -0.25) is 4.40 Å². The Hall–Kier alpha value is -3.16. The molecule has 0 fully saturated rings. The van der Waals surface area contributed by atoms with Crippen molar-refractivity contribution >= 4 is 11.6 Å². The molecule has 0 bridgehead atoms. The second-order valence-electron chi connectivity index (χ2n) is 6.20. The topological polar surface area (TPSA) is 75.8 Å². The number of fused-ring (bicyclic) bond motifs is 1. The Morgan fingerprint density at radius 1 is 1.14 bits per heavy atom. The molecule has 148 valence electrons. The summed E-state index contributed by atoms with van der Waals surface area (Å²) >= 11 is 0. The summed E-state index contributed by atoms with van der Waals surface area (Å²) in [4.78, 5) is 4.58. The monoisotopic (exact) mass is 384 g/mol. The van der Waals surface area contributed by atoms with E-state index in [4.69, 9.17) is 4.74 Å². The van der Waals surface area contributed by atoms with E-state index < -0.39 is 0 Å².